The molecule has 0 saturated carbocycles. The van der Waals surface area contributed by atoms with Crippen LogP contribution in [0.4, 0.5) is 22.4 Å². The number of hydrogen-bond acceptors (Lipinski definition) is 3. The van der Waals surface area contributed by atoms with Gasteiger partial charge in [-0.25, -0.2) is 14.6 Å². The minimum atomic E-state index is -4.51. The summed E-state index contributed by atoms with van der Waals surface area (Å²) in [6.07, 6.45) is -5.40. The second-order valence-corrected chi connectivity index (χ2v) is 9.30. The molecule has 0 aliphatic heterocycles. The normalized spacial score (nSPS) is 11.9. The van der Waals surface area contributed by atoms with Crippen LogP contribution in [0.15, 0.2) is 66.7 Å². The van der Waals surface area contributed by atoms with Crippen LogP contribution in [-0.4, -0.2) is 22.6 Å². The summed E-state index contributed by atoms with van der Waals surface area (Å²) in [5.74, 6) is -1.12. The number of H-pyrrole nitrogens is 1. The average molecular weight is 513 g/mol. The molecule has 3 N–H and O–H groups in total. The standard InChI is InChI=1S/C27H23F4N3O3/c1-26(2,3)37-25(36)34-33-24(35)23-22(16-4-9-18(10-5-16)27(29,30)31)20-13-8-17(14-21(20)32-23)15-6-11-19(28)12-7-15/h4-14,32H,1-3H3,(H,33,35)(H,34,36). The van der Waals surface area contributed by atoms with E-state index in [1.54, 1.807) is 51.1 Å². The lowest BCUT2D eigenvalue weighted by Gasteiger charge is -2.19. The molecule has 10 heteroatoms. The molecule has 4 rings (SSSR count). The number of nitrogens with one attached hydrogen (secondary N) is 3. The van der Waals surface area contributed by atoms with Gasteiger partial charge in [0.15, 0.2) is 0 Å². The van der Waals surface area contributed by atoms with E-state index < -0.39 is 29.3 Å². The maximum absolute atomic E-state index is 13.4. The Morgan fingerprint density at radius 1 is 0.811 bits per heavy atom. The number of aromatic nitrogens is 1. The Bertz CT molecular complexity index is 1450. The molecule has 192 valence electrons. The van der Waals surface area contributed by atoms with Gasteiger partial charge in [0.2, 0.25) is 0 Å². The first-order chi connectivity index (χ1) is 17.3. The number of benzene rings is 3. The van der Waals surface area contributed by atoms with Crippen LogP contribution in [0.3, 0.4) is 0 Å². The van der Waals surface area contributed by atoms with E-state index in [1.807, 2.05) is 0 Å². The molecule has 0 fully saturated rings. The Morgan fingerprint density at radius 2 is 1.41 bits per heavy atom. The van der Waals surface area contributed by atoms with E-state index in [-0.39, 0.29) is 11.5 Å². The van der Waals surface area contributed by atoms with Gasteiger partial charge in [-0.2, -0.15) is 13.2 Å². The minimum Gasteiger partial charge on any atom is -0.443 e. The number of alkyl halides is 3. The highest BCUT2D eigenvalue weighted by molar-refractivity contribution is 6.10. The largest absolute Gasteiger partial charge is 0.443 e. The zero-order chi connectivity index (χ0) is 27.0. The van der Waals surface area contributed by atoms with Gasteiger partial charge in [0.05, 0.1) is 5.56 Å². The van der Waals surface area contributed by atoms with E-state index in [0.29, 0.717) is 22.0 Å². The van der Waals surface area contributed by atoms with Crippen LogP contribution in [0.5, 0.6) is 0 Å². The number of rotatable bonds is 3. The van der Waals surface area contributed by atoms with Crippen molar-refractivity contribution in [1.29, 1.82) is 0 Å². The van der Waals surface area contributed by atoms with Gasteiger partial charge in [0.1, 0.15) is 17.1 Å². The molecule has 0 radical (unpaired) electrons. The van der Waals surface area contributed by atoms with Gasteiger partial charge in [0.25, 0.3) is 5.91 Å². The van der Waals surface area contributed by atoms with Crippen molar-refractivity contribution in [1.82, 2.24) is 15.8 Å². The number of halogens is 4. The Kier molecular flexibility index (Phi) is 6.68. The summed E-state index contributed by atoms with van der Waals surface area (Å²) in [5.41, 5.74) is 5.50. The lowest BCUT2D eigenvalue weighted by Crippen LogP contribution is -2.44. The van der Waals surface area contributed by atoms with E-state index in [1.165, 1.54) is 24.3 Å². The Morgan fingerprint density at radius 3 is 2.00 bits per heavy atom. The maximum atomic E-state index is 13.4. The number of amides is 2. The Hall–Kier alpha value is -4.34. The third-order valence-corrected chi connectivity index (χ3v) is 5.38. The highest BCUT2D eigenvalue weighted by Crippen LogP contribution is 2.37. The van der Waals surface area contributed by atoms with Crippen LogP contribution < -0.4 is 10.9 Å². The van der Waals surface area contributed by atoms with Crippen LogP contribution in [0.1, 0.15) is 36.8 Å². The molecule has 0 bridgehead atoms. The fourth-order valence-corrected chi connectivity index (χ4v) is 3.79. The highest BCUT2D eigenvalue weighted by atomic mass is 19.4. The van der Waals surface area contributed by atoms with E-state index in [9.17, 15) is 27.2 Å². The number of carbonyl (C=O) groups is 2. The second kappa shape index (κ2) is 9.61. The van der Waals surface area contributed by atoms with E-state index >= 15 is 0 Å². The van der Waals surface area contributed by atoms with Gasteiger partial charge in [-0.1, -0.05) is 36.4 Å². The third kappa shape index (κ3) is 5.91. The molecule has 0 atom stereocenters. The monoisotopic (exact) mass is 513 g/mol. The zero-order valence-electron chi connectivity index (χ0n) is 20.1. The molecule has 6 nitrogen and oxygen atoms in total. The van der Waals surface area contributed by atoms with Gasteiger partial charge in [-0.05, 0) is 67.8 Å². The number of aromatic amines is 1. The summed E-state index contributed by atoms with van der Waals surface area (Å²) in [7, 11) is 0. The summed E-state index contributed by atoms with van der Waals surface area (Å²) in [5, 5.41) is 0.563. The molecular weight excluding hydrogens is 490 g/mol. The Balaban J connectivity index is 1.75. The molecule has 1 aromatic heterocycles. The maximum Gasteiger partial charge on any atom is 0.426 e. The SMILES string of the molecule is CC(C)(C)OC(=O)NNC(=O)c1[nH]c2cc(-c3ccc(F)cc3)ccc2c1-c1ccc(C(F)(F)F)cc1. The quantitative estimate of drug-likeness (QED) is 0.207. The molecule has 0 aliphatic carbocycles. The summed E-state index contributed by atoms with van der Waals surface area (Å²) < 4.78 is 57.8. The summed E-state index contributed by atoms with van der Waals surface area (Å²) in [6.45, 7) is 4.98. The first-order valence-electron chi connectivity index (χ1n) is 11.2. The molecule has 0 aliphatic rings. The van der Waals surface area contributed by atoms with Gasteiger partial charge < -0.3 is 9.72 Å². The number of hydrogen-bond donors (Lipinski definition) is 3. The van der Waals surface area contributed by atoms with Gasteiger partial charge in [-0.3, -0.25) is 10.2 Å². The topological polar surface area (TPSA) is 83.2 Å². The van der Waals surface area contributed by atoms with Crippen LogP contribution in [-0.2, 0) is 10.9 Å². The zero-order valence-corrected chi connectivity index (χ0v) is 20.1. The number of ether oxygens (including phenoxy) is 1. The molecule has 37 heavy (non-hydrogen) atoms. The summed E-state index contributed by atoms with van der Waals surface area (Å²) in [6, 6.07) is 15.5. The molecule has 0 unspecified atom stereocenters. The van der Waals surface area contributed by atoms with Crippen molar-refractivity contribution in [2.24, 2.45) is 0 Å². The van der Waals surface area contributed by atoms with E-state index in [2.05, 4.69) is 15.8 Å². The predicted molar refractivity (Wildman–Crippen MR) is 131 cm³/mol. The highest BCUT2D eigenvalue weighted by Gasteiger charge is 2.30. The minimum absolute atomic E-state index is 0.0158. The lowest BCUT2D eigenvalue weighted by atomic mass is 9.98. The first-order valence-corrected chi connectivity index (χ1v) is 11.2. The van der Waals surface area contributed by atoms with Crippen LogP contribution >= 0.6 is 0 Å². The number of fused-ring (bicyclic) bond motifs is 1. The van der Waals surface area contributed by atoms with Crippen molar-refractivity contribution in [2.45, 2.75) is 32.5 Å². The molecule has 1 heterocycles. The smallest absolute Gasteiger partial charge is 0.426 e. The number of carbonyl (C=O) groups excluding carboxylic acids is 2. The van der Waals surface area contributed by atoms with Crippen molar-refractivity contribution in [3.05, 3.63) is 83.8 Å². The van der Waals surface area contributed by atoms with Crippen molar-refractivity contribution in [3.63, 3.8) is 0 Å². The van der Waals surface area contributed by atoms with Crippen molar-refractivity contribution >= 4 is 22.9 Å². The second-order valence-electron chi connectivity index (χ2n) is 9.30. The summed E-state index contributed by atoms with van der Waals surface area (Å²) >= 11 is 0. The average Bonchev–Trinajstić information content (AvgIpc) is 3.20. The molecule has 2 amide bonds. The van der Waals surface area contributed by atoms with Gasteiger partial charge >= 0.3 is 12.3 Å². The molecule has 3 aromatic carbocycles. The van der Waals surface area contributed by atoms with Crippen LogP contribution in [0.2, 0.25) is 0 Å². The number of hydrazine groups is 1. The van der Waals surface area contributed by atoms with Crippen molar-refractivity contribution in [3.8, 4) is 22.3 Å². The van der Waals surface area contributed by atoms with Crippen molar-refractivity contribution < 1.29 is 31.9 Å². The molecule has 4 aromatic rings. The van der Waals surface area contributed by atoms with E-state index in [4.69, 9.17) is 4.74 Å². The Labute approximate surface area is 209 Å². The van der Waals surface area contributed by atoms with Crippen LogP contribution in [0, 0.1) is 5.82 Å². The van der Waals surface area contributed by atoms with E-state index in [0.717, 1.165) is 23.3 Å². The fourth-order valence-electron chi connectivity index (χ4n) is 3.79. The third-order valence-electron chi connectivity index (χ3n) is 5.38. The predicted octanol–water partition coefficient (Wildman–Crippen LogP) is 6.83. The van der Waals surface area contributed by atoms with Crippen LogP contribution in [0.25, 0.3) is 33.2 Å². The molecule has 0 spiro atoms. The fraction of sp³-hybridized carbons (Fsp3) is 0.185. The molecular formula is C27H23F4N3O3. The molecule has 0 saturated heterocycles. The first kappa shape index (κ1) is 25.7. The van der Waals surface area contributed by atoms with Crippen molar-refractivity contribution in [2.75, 3.05) is 0 Å². The summed E-state index contributed by atoms with van der Waals surface area (Å²) in [4.78, 5) is 28.1. The van der Waals surface area contributed by atoms with Gasteiger partial charge in [-0.15, -0.1) is 0 Å². The lowest BCUT2D eigenvalue weighted by molar-refractivity contribution is -0.137. The van der Waals surface area contributed by atoms with Gasteiger partial charge in [0, 0.05) is 16.5 Å².